The van der Waals surface area contributed by atoms with Crippen LogP contribution in [0.25, 0.3) is 10.6 Å². The number of carbonyl (C=O) groups is 1. The van der Waals surface area contributed by atoms with Gasteiger partial charge in [0.15, 0.2) is 9.84 Å². The number of rotatable bonds is 7. The van der Waals surface area contributed by atoms with Gasteiger partial charge in [0, 0.05) is 24.0 Å². The number of aromatic nitrogens is 1. The van der Waals surface area contributed by atoms with E-state index in [0.717, 1.165) is 23.5 Å². The molecule has 0 bridgehead atoms. The Balaban J connectivity index is 2.10. The van der Waals surface area contributed by atoms with Gasteiger partial charge in [-0.15, -0.1) is 11.3 Å². The van der Waals surface area contributed by atoms with E-state index in [-0.39, 0.29) is 5.69 Å². The molecule has 0 aliphatic heterocycles. The quantitative estimate of drug-likeness (QED) is 0.686. The smallest absolute Gasteiger partial charge is 0.342 e. The van der Waals surface area contributed by atoms with Gasteiger partial charge in [0.1, 0.15) is 10.8 Å². The molecular weight excluding hydrogens is 401 g/mol. The third-order valence-electron chi connectivity index (χ3n) is 3.84. The van der Waals surface area contributed by atoms with Crippen LogP contribution in [0.2, 0.25) is 0 Å². The molecule has 0 saturated carbocycles. The predicted molar refractivity (Wildman–Crippen MR) is 98.0 cm³/mol. The lowest BCUT2D eigenvalue weighted by Crippen LogP contribution is -2.35. The van der Waals surface area contributed by atoms with Crippen molar-refractivity contribution >= 4 is 27.1 Å². The highest BCUT2D eigenvalue weighted by atomic mass is 32.2. The summed E-state index contributed by atoms with van der Waals surface area (Å²) in [6, 6.07) is 4.50. The summed E-state index contributed by atoms with van der Waals surface area (Å²) >= 11 is 1.14. The number of thiazole rings is 1. The first-order chi connectivity index (χ1) is 12.6. The van der Waals surface area contributed by atoms with Crippen LogP contribution in [0.4, 0.5) is 13.2 Å². The maximum atomic E-state index is 12.6. The minimum atomic E-state index is -4.42. The van der Waals surface area contributed by atoms with Crippen LogP contribution in [-0.2, 0) is 26.6 Å². The Hall–Kier alpha value is -1.94. The lowest BCUT2D eigenvalue weighted by molar-refractivity contribution is -0.137. The fourth-order valence-electron chi connectivity index (χ4n) is 2.44. The Bertz CT molecular complexity index is 887. The van der Waals surface area contributed by atoms with Gasteiger partial charge < -0.3 is 4.90 Å². The lowest BCUT2D eigenvalue weighted by atomic mass is 10.1. The number of alkyl halides is 3. The van der Waals surface area contributed by atoms with E-state index in [9.17, 15) is 26.4 Å². The van der Waals surface area contributed by atoms with Gasteiger partial charge in [-0.2, -0.15) is 13.2 Å². The van der Waals surface area contributed by atoms with Gasteiger partial charge in [-0.3, -0.25) is 4.79 Å². The van der Waals surface area contributed by atoms with Crippen LogP contribution >= 0.6 is 11.3 Å². The molecule has 0 aliphatic rings. The zero-order valence-corrected chi connectivity index (χ0v) is 16.4. The lowest BCUT2D eigenvalue weighted by Gasteiger charge is -2.18. The summed E-state index contributed by atoms with van der Waals surface area (Å²) < 4.78 is 62.3. The van der Waals surface area contributed by atoms with Gasteiger partial charge in [0.2, 0.25) is 5.91 Å². The molecule has 0 spiro atoms. The third-order valence-corrected chi connectivity index (χ3v) is 6.20. The van der Waals surface area contributed by atoms with Gasteiger partial charge >= 0.3 is 6.18 Å². The molecule has 1 aromatic carbocycles. The molecule has 0 atom stereocenters. The van der Waals surface area contributed by atoms with Crippen LogP contribution in [0.1, 0.15) is 25.1 Å². The molecule has 0 radical (unpaired) electrons. The number of carbonyl (C=O) groups excluding carboxylic acids is 1. The van der Waals surface area contributed by atoms with Crippen molar-refractivity contribution in [3.8, 4) is 10.6 Å². The van der Waals surface area contributed by atoms with Gasteiger partial charge in [0.25, 0.3) is 0 Å². The highest BCUT2D eigenvalue weighted by molar-refractivity contribution is 7.91. The van der Waals surface area contributed by atoms with E-state index in [1.54, 1.807) is 13.8 Å². The van der Waals surface area contributed by atoms with Crippen molar-refractivity contribution in [2.45, 2.75) is 25.8 Å². The van der Waals surface area contributed by atoms with Gasteiger partial charge in [0.05, 0.1) is 17.0 Å². The standard InChI is InChI=1S/C17H19F3N2O3S2/c1-3-22(4-2)15(23)11-27(24,25)10-14-9-26-16(21-14)12-5-7-13(8-6-12)17(18,19)20/h5-9H,3-4,10-11H2,1-2H3. The van der Waals surface area contributed by atoms with Gasteiger partial charge in [-0.25, -0.2) is 13.4 Å². The Morgan fingerprint density at radius 1 is 1.15 bits per heavy atom. The van der Waals surface area contributed by atoms with Crippen molar-refractivity contribution in [3.63, 3.8) is 0 Å². The molecule has 2 rings (SSSR count). The molecule has 10 heteroatoms. The summed E-state index contributed by atoms with van der Waals surface area (Å²) in [5, 5.41) is 1.95. The first-order valence-corrected chi connectivity index (χ1v) is 10.9. The summed E-state index contributed by atoms with van der Waals surface area (Å²) in [6.45, 7) is 4.40. The number of amides is 1. The van der Waals surface area contributed by atoms with Crippen molar-refractivity contribution in [2.24, 2.45) is 0 Å². The fraction of sp³-hybridized carbons (Fsp3) is 0.412. The summed E-state index contributed by atoms with van der Waals surface area (Å²) in [6.07, 6.45) is -4.42. The van der Waals surface area contributed by atoms with Crippen LogP contribution in [0.3, 0.4) is 0 Å². The average Bonchev–Trinajstić information content (AvgIpc) is 3.02. The van der Waals surface area contributed by atoms with Crippen molar-refractivity contribution in [1.29, 1.82) is 0 Å². The molecule has 0 aliphatic carbocycles. The Kier molecular flexibility index (Phi) is 6.63. The molecule has 27 heavy (non-hydrogen) atoms. The Labute approximate surface area is 159 Å². The van der Waals surface area contributed by atoms with Gasteiger partial charge in [-0.05, 0) is 26.0 Å². The second-order valence-electron chi connectivity index (χ2n) is 5.82. The molecule has 148 valence electrons. The molecule has 5 nitrogen and oxygen atoms in total. The summed E-state index contributed by atoms with van der Waals surface area (Å²) in [7, 11) is -3.69. The molecule has 2 aromatic rings. The van der Waals surface area contributed by atoms with E-state index < -0.39 is 39.0 Å². The van der Waals surface area contributed by atoms with E-state index in [4.69, 9.17) is 0 Å². The second kappa shape index (κ2) is 8.39. The monoisotopic (exact) mass is 420 g/mol. The average molecular weight is 420 g/mol. The first kappa shape index (κ1) is 21.4. The number of benzene rings is 1. The fourth-order valence-corrected chi connectivity index (χ4v) is 4.63. The minimum Gasteiger partial charge on any atom is -0.342 e. The van der Waals surface area contributed by atoms with E-state index in [2.05, 4.69) is 4.98 Å². The maximum absolute atomic E-state index is 12.6. The number of hydrogen-bond donors (Lipinski definition) is 0. The van der Waals surface area contributed by atoms with Crippen LogP contribution in [0, 0.1) is 0 Å². The predicted octanol–water partition coefficient (Wildman–Crippen LogP) is 3.61. The van der Waals surface area contributed by atoms with Crippen LogP contribution in [0.15, 0.2) is 29.6 Å². The van der Waals surface area contributed by atoms with Crippen molar-refractivity contribution in [2.75, 3.05) is 18.8 Å². The van der Waals surface area contributed by atoms with E-state index in [1.165, 1.54) is 22.4 Å². The summed E-state index contributed by atoms with van der Waals surface area (Å²) in [5.74, 6) is -1.45. The number of sulfone groups is 1. The Morgan fingerprint density at radius 2 is 1.74 bits per heavy atom. The molecule has 0 saturated heterocycles. The zero-order valence-electron chi connectivity index (χ0n) is 14.8. The highest BCUT2D eigenvalue weighted by Crippen LogP contribution is 2.31. The zero-order chi connectivity index (χ0) is 20.2. The Morgan fingerprint density at radius 3 is 2.26 bits per heavy atom. The molecular formula is C17H19F3N2O3S2. The molecule has 1 aromatic heterocycles. The van der Waals surface area contributed by atoms with Crippen LogP contribution in [0.5, 0.6) is 0 Å². The van der Waals surface area contributed by atoms with Crippen LogP contribution in [-0.4, -0.2) is 43.1 Å². The largest absolute Gasteiger partial charge is 0.416 e. The first-order valence-electron chi connectivity index (χ1n) is 8.16. The van der Waals surface area contributed by atoms with E-state index in [1.807, 2.05) is 0 Å². The van der Waals surface area contributed by atoms with E-state index in [0.29, 0.717) is 23.7 Å². The SMILES string of the molecule is CCN(CC)C(=O)CS(=O)(=O)Cc1csc(-c2ccc(C(F)(F)F)cc2)n1. The summed E-state index contributed by atoms with van der Waals surface area (Å²) in [5.41, 5.74) is -0.0290. The van der Waals surface area contributed by atoms with Crippen LogP contribution < -0.4 is 0 Å². The number of halogens is 3. The highest BCUT2D eigenvalue weighted by Gasteiger charge is 2.30. The second-order valence-corrected chi connectivity index (χ2v) is 8.74. The van der Waals surface area contributed by atoms with Crippen molar-refractivity contribution in [3.05, 3.63) is 40.9 Å². The number of hydrogen-bond acceptors (Lipinski definition) is 5. The van der Waals surface area contributed by atoms with Gasteiger partial charge in [-0.1, -0.05) is 12.1 Å². The molecule has 1 amide bonds. The van der Waals surface area contributed by atoms with Crippen molar-refractivity contribution in [1.82, 2.24) is 9.88 Å². The van der Waals surface area contributed by atoms with Crippen molar-refractivity contribution < 1.29 is 26.4 Å². The number of nitrogens with zero attached hydrogens (tertiary/aromatic N) is 2. The normalized spacial score (nSPS) is 12.2. The molecule has 1 heterocycles. The van der Waals surface area contributed by atoms with E-state index >= 15 is 0 Å². The minimum absolute atomic E-state index is 0.266. The summed E-state index contributed by atoms with van der Waals surface area (Å²) in [4.78, 5) is 17.6. The molecule has 0 fully saturated rings. The third kappa shape index (κ3) is 5.77. The molecule has 0 N–H and O–H groups in total. The molecule has 0 unspecified atom stereocenters. The maximum Gasteiger partial charge on any atom is 0.416 e. The topological polar surface area (TPSA) is 67.3 Å².